The van der Waals surface area contributed by atoms with Gasteiger partial charge in [-0.3, -0.25) is 4.79 Å². The summed E-state index contributed by atoms with van der Waals surface area (Å²) in [5, 5.41) is 9.57. The minimum Gasteiger partial charge on any atom is -0.508 e. The normalized spacial score (nSPS) is 10.2. The average Bonchev–Trinajstić information content (AvgIpc) is 2.61. The van der Waals surface area contributed by atoms with E-state index in [1.54, 1.807) is 30.3 Å². The summed E-state index contributed by atoms with van der Waals surface area (Å²) in [6.45, 7) is 0. The zero-order chi connectivity index (χ0) is 11.7. The molecule has 0 atom stereocenters. The number of nitrogen functional groups attached to an aromatic ring is 1. The Morgan fingerprint density at radius 3 is 2.38 bits per heavy atom. The van der Waals surface area contributed by atoms with Crippen LogP contribution in [0.4, 0.5) is 5.00 Å². The Bertz CT molecular complexity index is 531. The molecule has 0 fully saturated rings. The summed E-state index contributed by atoms with van der Waals surface area (Å²) in [5.74, 6) is -0.331. The number of hydrogen-bond donors (Lipinski definition) is 3. The van der Waals surface area contributed by atoms with Crippen molar-refractivity contribution in [3.63, 3.8) is 0 Å². The van der Waals surface area contributed by atoms with Crippen molar-refractivity contribution in [2.24, 2.45) is 5.73 Å². The van der Waals surface area contributed by atoms with E-state index in [0.717, 1.165) is 10.4 Å². The number of rotatable bonds is 2. The maximum Gasteiger partial charge on any atom is 0.251 e. The lowest BCUT2D eigenvalue weighted by Crippen LogP contribution is -2.11. The second-order valence-corrected chi connectivity index (χ2v) is 4.38. The predicted molar refractivity (Wildman–Crippen MR) is 64.4 cm³/mol. The largest absolute Gasteiger partial charge is 0.508 e. The molecule has 1 heterocycles. The molecule has 2 aromatic rings. The monoisotopic (exact) mass is 234 g/mol. The topological polar surface area (TPSA) is 89.3 Å². The molecule has 5 N–H and O–H groups in total. The summed E-state index contributed by atoms with van der Waals surface area (Å²) in [5.41, 5.74) is 12.1. The number of aromatic hydroxyl groups is 1. The number of thiophene rings is 1. The molecule has 2 rings (SSSR count). The molecule has 0 aliphatic carbocycles. The van der Waals surface area contributed by atoms with Crippen molar-refractivity contribution >= 4 is 22.2 Å². The molecule has 0 unspecified atom stereocenters. The molecular weight excluding hydrogens is 224 g/mol. The number of hydrogen-bond acceptors (Lipinski definition) is 4. The Morgan fingerprint density at radius 1 is 1.25 bits per heavy atom. The Kier molecular flexibility index (Phi) is 2.54. The van der Waals surface area contributed by atoms with E-state index < -0.39 is 5.91 Å². The molecular formula is C11H10N2O2S. The van der Waals surface area contributed by atoms with Gasteiger partial charge in [-0.2, -0.15) is 0 Å². The van der Waals surface area contributed by atoms with E-state index in [4.69, 9.17) is 16.6 Å². The molecule has 0 radical (unpaired) electrons. The van der Waals surface area contributed by atoms with E-state index in [2.05, 4.69) is 0 Å². The molecule has 82 valence electrons. The number of primary amides is 1. The van der Waals surface area contributed by atoms with Crippen molar-refractivity contribution in [2.45, 2.75) is 0 Å². The third kappa shape index (κ3) is 1.85. The number of nitrogens with two attached hydrogens (primary N) is 2. The molecule has 5 heteroatoms. The van der Waals surface area contributed by atoms with Crippen molar-refractivity contribution < 1.29 is 9.90 Å². The van der Waals surface area contributed by atoms with Crippen molar-refractivity contribution in [1.29, 1.82) is 0 Å². The molecule has 0 spiro atoms. The highest BCUT2D eigenvalue weighted by Gasteiger charge is 2.11. The van der Waals surface area contributed by atoms with Gasteiger partial charge in [0.25, 0.3) is 5.91 Å². The number of phenolic OH excluding ortho intramolecular Hbond substituents is 1. The maximum absolute atomic E-state index is 11.0. The van der Waals surface area contributed by atoms with Crippen molar-refractivity contribution in [3.8, 4) is 16.2 Å². The molecule has 1 aromatic carbocycles. The molecule has 1 amide bonds. The second-order valence-electron chi connectivity index (χ2n) is 3.30. The highest BCUT2D eigenvalue weighted by molar-refractivity contribution is 7.19. The summed E-state index contributed by atoms with van der Waals surface area (Å²) < 4.78 is 0. The lowest BCUT2D eigenvalue weighted by atomic mass is 10.1. The Morgan fingerprint density at radius 2 is 1.88 bits per heavy atom. The lowest BCUT2D eigenvalue weighted by molar-refractivity contribution is 0.100. The van der Waals surface area contributed by atoms with Gasteiger partial charge >= 0.3 is 0 Å². The number of carbonyl (C=O) groups is 1. The molecule has 0 saturated carbocycles. The lowest BCUT2D eigenvalue weighted by Gasteiger charge is -1.96. The van der Waals surface area contributed by atoms with Crippen molar-refractivity contribution in [3.05, 3.63) is 35.9 Å². The van der Waals surface area contributed by atoms with Gasteiger partial charge in [-0.25, -0.2) is 0 Å². The summed E-state index contributed by atoms with van der Waals surface area (Å²) in [6, 6.07) is 8.33. The third-order valence-corrected chi connectivity index (χ3v) is 3.19. The number of benzene rings is 1. The fourth-order valence-electron chi connectivity index (χ4n) is 1.37. The smallest absolute Gasteiger partial charge is 0.251 e. The van der Waals surface area contributed by atoms with E-state index in [9.17, 15) is 4.79 Å². The molecule has 0 bridgehead atoms. The van der Waals surface area contributed by atoms with Gasteiger partial charge < -0.3 is 16.6 Å². The van der Waals surface area contributed by atoms with Crippen LogP contribution in [-0.2, 0) is 0 Å². The Balaban J connectivity index is 2.45. The number of anilines is 1. The zero-order valence-corrected chi connectivity index (χ0v) is 9.12. The van der Waals surface area contributed by atoms with Gasteiger partial charge in [-0.05, 0) is 35.9 Å². The number of phenols is 1. The first-order chi connectivity index (χ1) is 7.58. The van der Waals surface area contributed by atoms with Crippen LogP contribution in [0.25, 0.3) is 10.4 Å². The standard InChI is InChI=1S/C11H10N2O2S/c12-10(15)8-5-9(16-11(8)13)6-1-3-7(14)4-2-6/h1-5,14H,13H2,(H2,12,15). The molecule has 1 aromatic heterocycles. The van der Waals surface area contributed by atoms with Crippen LogP contribution in [0.1, 0.15) is 10.4 Å². The van der Waals surface area contributed by atoms with Crippen LogP contribution >= 0.6 is 11.3 Å². The molecule has 0 aliphatic heterocycles. The molecule has 4 nitrogen and oxygen atoms in total. The molecule has 16 heavy (non-hydrogen) atoms. The maximum atomic E-state index is 11.0. The first kappa shape index (κ1) is 10.5. The van der Waals surface area contributed by atoms with Gasteiger partial charge in [-0.1, -0.05) is 0 Å². The first-order valence-corrected chi connectivity index (χ1v) is 5.38. The fourth-order valence-corrected chi connectivity index (χ4v) is 2.30. The van der Waals surface area contributed by atoms with Gasteiger partial charge in [0.1, 0.15) is 5.75 Å². The van der Waals surface area contributed by atoms with Crippen molar-refractivity contribution in [1.82, 2.24) is 0 Å². The van der Waals surface area contributed by atoms with Crippen LogP contribution in [0.2, 0.25) is 0 Å². The van der Waals surface area contributed by atoms with Crippen molar-refractivity contribution in [2.75, 3.05) is 5.73 Å². The Hall–Kier alpha value is -2.01. The van der Waals surface area contributed by atoms with Crippen LogP contribution in [0.3, 0.4) is 0 Å². The van der Waals surface area contributed by atoms with Gasteiger partial charge in [-0.15, -0.1) is 11.3 Å². The van der Waals surface area contributed by atoms with Crippen LogP contribution in [-0.4, -0.2) is 11.0 Å². The van der Waals surface area contributed by atoms with E-state index in [0.29, 0.717) is 10.6 Å². The minimum atomic E-state index is -0.529. The summed E-state index contributed by atoms with van der Waals surface area (Å²) in [7, 11) is 0. The van der Waals surface area contributed by atoms with E-state index in [1.807, 2.05) is 0 Å². The number of amides is 1. The average molecular weight is 234 g/mol. The third-order valence-electron chi connectivity index (χ3n) is 2.18. The van der Waals surface area contributed by atoms with Gasteiger partial charge in [0, 0.05) is 4.88 Å². The SMILES string of the molecule is NC(=O)c1cc(-c2ccc(O)cc2)sc1N. The second kappa shape index (κ2) is 3.86. The first-order valence-electron chi connectivity index (χ1n) is 4.56. The minimum absolute atomic E-state index is 0.198. The Labute approximate surface area is 96.1 Å². The van der Waals surface area contributed by atoms with Crippen LogP contribution in [0.15, 0.2) is 30.3 Å². The highest BCUT2D eigenvalue weighted by Crippen LogP contribution is 2.33. The van der Waals surface area contributed by atoms with Crippen LogP contribution in [0, 0.1) is 0 Å². The predicted octanol–water partition coefficient (Wildman–Crippen LogP) is 1.80. The summed E-state index contributed by atoms with van der Waals surface area (Å²) >= 11 is 1.30. The van der Waals surface area contributed by atoms with Gasteiger partial charge in [0.05, 0.1) is 10.6 Å². The van der Waals surface area contributed by atoms with Crippen LogP contribution in [0.5, 0.6) is 5.75 Å². The summed E-state index contributed by atoms with van der Waals surface area (Å²) in [4.78, 5) is 11.9. The van der Waals surface area contributed by atoms with E-state index in [1.165, 1.54) is 11.3 Å². The fraction of sp³-hybridized carbons (Fsp3) is 0. The zero-order valence-electron chi connectivity index (χ0n) is 8.31. The number of carbonyl (C=O) groups excluding carboxylic acids is 1. The quantitative estimate of drug-likeness (QED) is 0.740. The molecule has 0 aliphatic rings. The highest BCUT2D eigenvalue weighted by atomic mass is 32.1. The van der Waals surface area contributed by atoms with E-state index in [-0.39, 0.29) is 5.75 Å². The molecule has 0 saturated heterocycles. The van der Waals surface area contributed by atoms with Gasteiger partial charge in [0.2, 0.25) is 0 Å². The van der Waals surface area contributed by atoms with E-state index >= 15 is 0 Å². The summed E-state index contributed by atoms with van der Waals surface area (Å²) in [6.07, 6.45) is 0. The van der Waals surface area contributed by atoms with Gasteiger partial charge in [0.15, 0.2) is 0 Å². The van der Waals surface area contributed by atoms with Crippen LogP contribution < -0.4 is 11.5 Å².